The molecular formula is C18H12ClFN4O2. The lowest BCUT2D eigenvalue weighted by Crippen LogP contribution is -2.15. The van der Waals surface area contributed by atoms with Gasteiger partial charge in [0.1, 0.15) is 11.5 Å². The molecule has 0 aliphatic carbocycles. The van der Waals surface area contributed by atoms with Gasteiger partial charge in [-0.25, -0.2) is 4.39 Å². The Balaban J connectivity index is 1.86. The zero-order chi connectivity index (χ0) is 18.3. The minimum atomic E-state index is -0.476. The van der Waals surface area contributed by atoms with E-state index in [0.29, 0.717) is 16.4 Å². The first-order valence-electron chi connectivity index (χ1n) is 7.68. The van der Waals surface area contributed by atoms with Crippen LogP contribution in [0.4, 0.5) is 15.8 Å². The average Bonchev–Trinajstić information content (AvgIpc) is 2.94. The quantitative estimate of drug-likeness (QED) is 0.516. The second-order valence-electron chi connectivity index (χ2n) is 5.66. The van der Waals surface area contributed by atoms with Gasteiger partial charge >= 0.3 is 0 Å². The lowest BCUT2D eigenvalue weighted by atomic mass is 10.1. The van der Waals surface area contributed by atoms with Gasteiger partial charge in [0.05, 0.1) is 5.69 Å². The van der Waals surface area contributed by atoms with E-state index in [1.165, 1.54) is 30.3 Å². The summed E-state index contributed by atoms with van der Waals surface area (Å²) < 4.78 is 14.2. The molecule has 0 fully saturated rings. The van der Waals surface area contributed by atoms with Crippen molar-refractivity contribution in [2.75, 3.05) is 5.32 Å². The van der Waals surface area contributed by atoms with Crippen molar-refractivity contribution in [1.82, 2.24) is 14.6 Å². The summed E-state index contributed by atoms with van der Waals surface area (Å²) in [6.07, 6.45) is 0. The number of H-pyrrole nitrogens is 2. The number of nitrogens with one attached hydrogen (secondary N) is 3. The molecule has 0 spiro atoms. The first-order chi connectivity index (χ1) is 12.5. The third-order valence-electron chi connectivity index (χ3n) is 3.91. The van der Waals surface area contributed by atoms with E-state index in [1.807, 2.05) is 0 Å². The second-order valence-corrected chi connectivity index (χ2v) is 6.10. The Morgan fingerprint density at radius 3 is 2.38 bits per heavy atom. The molecule has 8 heteroatoms. The van der Waals surface area contributed by atoms with Crippen LogP contribution in [0.5, 0.6) is 0 Å². The Bertz CT molecular complexity index is 1210. The average molecular weight is 371 g/mol. The molecule has 4 rings (SSSR count). The number of anilines is 2. The summed E-state index contributed by atoms with van der Waals surface area (Å²) in [5.41, 5.74) is 1.36. The zero-order valence-corrected chi connectivity index (χ0v) is 14.0. The first kappa shape index (κ1) is 16.2. The van der Waals surface area contributed by atoms with Crippen LogP contribution >= 0.6 is 11.6 Å². The van der Waals surface area contributed by atoms with E-state index in [0.717, 1.165) is 10.1 Å². The van der Waals surface area contributed by atoms with Crippen LogP contribution in [0.15, 0.2) is 64.2 Å². The van der Waals surface area contributed by atoms with Gasteiger partial charge in [-0.1, -0.05) is 23.7 Å². The Morgan fingerprint density at radius 2 is 1.69 bits per heavy atom. The SMILES string of the molecule is O=c1[nH]n2c(=O)cc(-c3ccc(Cl)cc3)[nH]c2c1Nc1ccc(F)cc1. The predicted molar refractivity (Wildman–Crippen MR) is 98.8 cm³/mol. The normalized spacial score (nSPS) is 11.0. The van der Waals surface area contributed by atoms with Crippen molar-refractivity contribution >= 4 is 28.6 Å². The van der Waals surface area contributed by atoms with Crippen LogP contribution in [0.2, 0.25) is 5.02 Å². The molecule has 0 aliphatic rings. The summed E-state index contributed by atoms with van der Waals surface area (Å²) in [6, 6.07) is 13.9. The van der Waals surface area contributed by atoms with Crippen LogP contribution < -0.4 is 16.4 Å². The molecular weight excluding hydrogens is 359 g/mol. The molecule has 0 radical (unpaired) electrons. The lowest BCUT2D eigenvalue weighted by Gasteiger charge is -2.06. The second kappa shape index (κ2) is 6.20. The van der Waals surface area contributed by atoms with Crippen molar-refractivity contribution in [1.29, 1.82) is 0 Å². The lowest BCUT2D eigenvalue weighted by molar-refractivity contribution is 0.628. The number of halogens is 2. The minimum absolute atomic E-state index is 0.157. The maximum atomic E-state index is 13.1. The molecule has 0 atom stereocenters. The minimum Gasteiger partial charge on any atom is -0.348 e. The van der Waals surface area contributed by atoms with Gasteiger partial charge in [0.15, 0.2) is 5.65 Å². The third-order valence-corrected chi connectivity index (χ3v) is 4.16. The molecule has 0 bridgehead atoms. The Kier molecular flexibility index (Phi) is 3.85. The highest BCUT2D eigenvalue weighted by Gasteiger charge is 2.13. The molecule has 0 amide bonds. The summed E-state index contributed by atoms with van der Waals surface area (Å²) in [6.45, 7) is 0. The number of nitrogens with zero attached hydrogens (tertiary/aromatic N) is 1. The molecule has 2 aromatic heterocycles. The van der Waals surface area contributed by atoms with Gasteiger partial charge in [-0.2, -0.15) is 4.52 Å². The molecule has 26 heavy (non-hydrogen) atoms. The molecule has 2 heterocycles. The maximum absolute atomic E-state index is 13.1. The van der Waals surface area contributed by atoms with E-state index < -0.39 is 11.1 Å². The van der Waals surface area contributed by atoms with Crippen LogP contribution in [0.3, 0.4) is 0 Å². The summed E-state index contributed by atoms with van der Waals surface area (Å²) in [7, 11) is 0. The molecule has 6 nitrogen and oxygen atoms in total. The van der Waals surface area contributed by atoms with Crippen molar-refractivity contribution in [3.63, 3.8) is 0 Å². The van der Waals surface area contributed by atoms with E-state index >= 15 is 0 Å². The Morgan fingerprint density at radius 1 is 1.00 bits per heavy atom. The maximum Gasteiger partial charge on any atom is 0.290 e. The van der Waals surface area contributed by atoms with E-state index in [9.17, 15) is 14.0 Å². The standard InChI is InChI=1S/C18H12ClFN4O2/c19-11-3-1-10(2-4-11)14-9-15(25)24-17(22-14)16(18(26)23-24)21-13-7-5-12(20)6-8-13/h1-9,21-22H,(H,23,26). The van der Waals surface area contributed by atoms with Crippen LogP contribution in [0, 0.1) is 5.82 Å². The van der Waals surface area contributed by atoms with Gasteiger partial charge in [-0.3, -0.25) is 14.7 Å². The van der Waals surface area contributed by atoms with Crippen LogP contribution in [0.1, 0.15) is 0 Å². The first-order valence-corrected chi connectivity index (χ1v) is 8.06. The van der Waals surface area contributed by atoms with Crippen molar-refractivity contribution < 1.29 is 4.39 Å². The molecule has 3 N–H and O–H groups in total. The number of fused-ring (bicyclic) bond motifs is 1. The van der Waals surface area contributed by atoms with E-state index in [4.69, 9.17) is 11.6 Å². The highest BCUT2D eigenvalue weighted by Crippen LogP contribution is 2.22. The number of hydrogen-bond donors (Lipinski definition) is 3. The summed E-state index contributed by atoms with van der Waals surface area (Å²) in [5.74, 6) is -0.385. The van der Waals surface area contributed by atoms with Gasteiger partial charge in [0, 0.05) is 16.8 Å². The number of rotatable bonds is 3. The molecule has 0 aliphatic heterocycles. The highest BCUT2D eigenvalue weighted by atomic mass is 35.5. The third kappa shape index (κ3) is 2.89. The van der Waals surface area contributed by atoms with E-state index in [1.54, 1.807) is 24.3 Å². The number of hydrogen-bond acceptors (Lipinski definition) is 3. The summed E-state index contributed by atoms with van der Waals surface area (Å²) in [4.78, 5) is 27.7. The van der Waals surface area contributed by atoms with Gasteiger partial charge < -0.3 is 10.3 Å². The molecule has 0 saturated carbocycles. The molecule has 0 saturated heterocycles. The fourth-order valence-electron chi connectivity index (χ4n) is 2.65. The molecule has 4 aromatic rings. The van der Waals surface area contributed by atoms with Crippen LogP contribution in [-0.2, 0) is 0 Å². The van der Waals surface area contributed by atoms with Crippen LogP contribution in [-0.4, -0.2) is 14.6 Å². The smallest absolute Gasteiger partial charge is 0.290 e. The van der Waals surface area contributed by atoms with Crippen molar-refractivity contribution in [2.45, 2.75) is 0 Å². The van der Waals surface area contributed by atoms with Gasteiger partial charge in [-0.05, 0) is 42.0 Å². The summed E-state index contributed by atoms with van der Waals surface area (Å²) >= 11 is 5.90. The van der Waals surface area contributed by atoms with Crippen LogP contribution in [0.25, 0.3) is 16.9 Å². The zero-order valence-electron chi connectivity index (χ0n) is 13.2. The predicted octanol–water partition coefficient (Wildman–Crippen LogP) is 3.52. The van der Waals surface area contributed by atoms with Crippen molar-refractivity contribution in [2.24, 2.45) is 0 Å². The molecule has 130 valence electrons. The fourth-order valence-corrected chi connectivity index (χ4v) is 2.77. The van der Waals surface area contributed by atoms with E-state index in [2.05, 4.69) is 15.4 Å². The fraction of sp³-hybridized carbons (Fsp3) is 0. The van der Waals surface area contributed by atoms with Gasteiger partial charge in [0.25, 0.3) is 11.1 Å². The monoisotopic (exact) mass is 370 g/mol. The topological polar surface area (TPSA) is 82.2 Å². The van der Waals surface area contributed by atoms with Gasteiger partial charge in [-0.15, -0.1) is 0 Å². The number of aromatic amines is 2. The largest absolute Gasteiger partial charge is 0.348 e. The van der Waals surface area contributed by atoms with E-state index in [-0.39, 0.29) is 17.2 Å². The number of aromatic nitrogens is 3. The van der Waals surface area contributed by atoms with Gasteiger partial charge in [0.2, 0.25) is 0 Å². The highest BCUT2D eigenvalue weighted by molar-refractivity contribution is 6.30. The van der Waals surface area contributed by atoms with Crippen molar-refractivity contribution in [3.05, 3.63) is 86.1 Å². The molecule has 2 aromatic carbocycles. The number of benzene rings is 2. The molecule has 0 unspecified atom stereocenters. The Hall–Kier alpha value is -3.32. The Labute approximate surface area is 150 Å². The van der Waals surface area contributed by atoms with Crippen molar-refractivity contribution in [3.8, 4) is 11.3 Å². The summed E-state index contributed by atoms with van der Waals surface area (Å²) in [5, 5.41) is 5.97.